The second-order valence-electron chi connectivity index (χ2n) is 4.81. The van der Waals surface area contributed by atoms with Gasteiger partial charge in [0.15, 0.2) is 0 Å². The molecule has 5 N–H and O–H groups in total. The average Bonchev–Trinajstić information content (AvgIpc) is 2.90. The van der Waals surface area contributed by atoms with E-state index in [1.54, 1.807) is 6.07 Å². The number of carbonyl (C=O) groups excluding carboxylic acids is 1. The summed E-state index contributed by atoms with van der Waals surface area (Å²) in [5, 5.41) is 0.968. The second kappa shape index (κ2) is 4.42. The first-order valence-corrected chi connectivity index (χ1v) is 6.35. The van der Waals surface area contributed by atoms with Crippen LogP contribution >= 0.6 is 0 Å². The number of anilines is 1. The van der Waals surface area contributed by atoms with E-state index >= 15 is 0 Å². The molecule has 0 bridgehead atoms. The SMILES string of the molecule is Cc1c(N)cccc1-c1ccc(C(N)=O)c2[nH]ccc12. The first-order valence-electron chi connectivity index (χ1n) is 6.35. The molecule has 3 aromatic rings. The van der Waals surface area contributed by atoms with Crippen LogP contribution in [-0.2, 0) is 0 Å². The van der Waals surface area contributed by atoms with Crippen molar-refractivity contribution in [3.05, 3.63) is 53.7 Å². The lowest BCUT2D eigenvalue weighted by atomic mass is 9.95. The molecule has 0 atom stereocenters. The van der Waals surface area contributed by atoms with Crippen molar-refractivity contribution in [3.8, 4) is 11.1 Å². The van der Waals surface area contributed by atoms with Gasteiger partial charge in [-0.1, -0.05) is 18.2 Å². The number of benzene rings is 2. The van der Waals surface area contributed by atoms with Crippen LogP contribution in [-0.4, -0.2) is 10.9 Å². The summed E-state index contributed by atoms with van der Waals surface area (Å²) in [7, 11) is 0. The molecule has 2 aromatic carbocycles. The van der Waals surface area contributed by atoms with Crippen LogP contribution in [0.3, 0.4) is 0 Å². The highest BCUT2D eigenvalue weighted by molar-refractivity contribution is 6.09. The summed E-state index contributed by atoms with van der Waals surface area (Å²) < 4.78 is 0. The van der Waals surface area contributed by atoms with Crippen LogP contribution in [0.4, 0.5) is 5.69 Å². The summed E-state index contributed by atoms with van der Waals surface area (Å²) in [5.74, 6) is -0.437. The van der Waals surface area contributed by atoms with Crippen molar-refractivity contribution in [3.63, 3.8) is 0 Å². The van der Waals surface area contributed by atoms with E-state index in [1.807, 2.05) is 43.5 Å². The van der Waals surface area contributed by atoms with Crippen LogP contribution in [0.15, 0.2) is 42.6 Å². The number of carbonyl (C=O) groups is 1. The first-order chi connectivity index (χ1) is 9.59. The quantitative estimate of drug-likeness (QED) is 0.622. The third-order valence-electron chi connectivity index (χ3n) is 3.65. The zero-order valence-corrected chi connectivity index (χ0v) is 11.1. The lowest BCUT2D eigenvalue weighted by Crippen LogP contribution is -2.11. The number of primary amides is 1. The third-order valence-corrected chi connectivity index (χ3v) is 3.65. The summed E-state index contributed by atoms with van der Waals surface area (Å²) >= 11 is 0. The van der Waals surface area contributed by atoms with Crippen LogP contribution in [0.25, 0.3) is 22.0 Å². The topological polar surface area (TPSA) is 84.9 Å². The first kappa shape index (κ1) is 12.3. The Hall–Kier alpha value is -2.75. The molecule has 4 heteroatoms. The van der Waals surface area contributed by atoms with Gasteiger partial charge in [-0.15, -0.1) is 0 Å². The fourth-order valence-electron chi connectivity index (χ4n) is 2.54. The molecule has 0 fully saturated rings. The molecule has 0 aliphatic carbocycles. The van der Waals surface area contributed by atoms with Gasteiger partial charge in [0.2, 0.25) is 0 Å². The molecule has 100 valence electrons. The third kappa shape index (κ3) is 1.73. The number of nitrogen functional groups attached to an aromatic ring is 1. The van der Waals surface area contributed by atoms with E-state index in [9.17, 15) is 4.79 Å². The van der Waals surface area contributed by atoms with Crippen molar-refractivity contribution in [2.24, 2.45) is 5.73 Å². The van der Waals surface area contributed by atoms with Gasteiger partial charge in [-0.05, 0) is 41.8 Å². The van der Waals surface area contributed by atoms with Gasteiger partial charge >= 0.3 is 0 Å². The van der Waals surface area contributed by atoms with E-state index < -0.39 is 5.91 Å². The molecule has 1 aromatic heterocycles. The minimum absolute atomic E-state index is 0.437. The molecule has 0 saturated heterocycles. The van der Waals surface area contributed by atoms with Gasteiger partial charge in [0.1, 0.15) is 0 Å². The zero-order chi connectivity index (χ0) is 14.3. The number of nitrogens with one attached hydrogen (secondary N) is 1. The number of hydrogen-bond acceptors (Lipinski definition) is 2. The fourth-order valence-corrected chi connectivity index (χ4v) is 2.54. The van der Waals surface area contributed by atoms with Crippen molar-refractivity contribution in [1.29, 1.82) is 0 Å². The highest BCUT2D eigenvalue weighted by Gasteiger charge is 2.13. The Labute approximate surface area is 116 Å². The van der Waals surface area contributed by atoms with Gasteiger partial charge in [0.05, 0.1) is 11.1 Å². The predicted molar refractivity (Wildman–Crippen MR) is 81.4 cm³/mol. The molecule has 0 unspecified atom stereocenters. The standard InChI is InChI=1S/C16H15N3O/c1-9-10(3-2-4-14(9)17)11-5-6-13(16(18)20)15-12(11)7-8-19-15/h2-8,19H,17H2,1H3,(H2,18,20). The van der Waals surface area contributed by atoms with Crippen LogP contribution in [0.5, 0.6) is 0 Å². The van der Waals surface area contributed by atoms with Crippen LogP contribution in [0.2, 0.25) is 0 Å². The lowest BCUT2D eigenvalue weighted by Gasteiger charge is -2.11. The maximum Gasteiger partial charge on any atom is 0.250 e. The molecule has 0 spiro atoms. The van der Waals surface area contributed by atoms with Crippen molar-refractivity contribution < 1.29 is 4.79 Å². The van der Waals surface area contributed by atoms with Crippen LogP contribution in [0.1, 0.15) is 15.9 Å². The average molecular weight is 265 g/mol. The molecule has 4 nitrogen and oxygen atoms in total. The molecule has 20 heavy (non-hydrogen) atoms. The Morgan fingerprint density at radius 1 is 1.10 bits per heavy atom. The minimum atomic E-state index is -0.437. The van der Waals surface area contributed by atoms with Gasteiger partial charge in [-0.3, -0.25) is 4.79 Å². The Bertz CT molecular complexity index is 818. The Morgan fingerprint density at radius 3 is 2.65 bits per heavy atom. The number of rotatable bonds is 2. The summed E-state index contributed by atoms with van der Waals surface area (Å²) in [6, 6.07) is 11.4. The Kier molecular flexibility index (Phi) is 2.71. The second-order valence-corrected chi connectivity index (χ2v) is 4.81. The van der Waals surface area contributed by atoms with Crippen molar-refractivity contribution in [2.75, 3.05) is 5.73 Å². The van der Waals surface area contributed by atoms with E-state index in [2.05, 4.69) is 4.98 Å². The number of H-pyrrole nitrogens is 1. The summed E-state index contributed by atoms with van der Waals surface area (Å²) in [4.78, 5) is 14.5. The number of fused-ring (bicyclic) bond motifs is 1. The van der Waals surface area contributed by atoms with E-state index in [-0.39, 0.29) is 0 Å². The van der Waals surface area contributed by atoms with E-state index in [0.717, 1.165) is 33.3 Å². The van der Waals surface area contributed by atoms with Gasteiger partial charge in [-0.25, -0.2) is 0 Å². The smallest absolute Gasteiger partial charge is 0.250 e. The van der Waals surface area contributed by atoms with Gasteiger partial charge in [0, 0.05) is 17.3 Å². The minimum Gasteiger partial charge on any atom is -0.398 e. The highest BCUT2D eigenvalue weighted by atomic mass is 16.1. The molecule has 0 radical (unpaired) electrons. The highest BCUT2D eigenvalue weighted by Crippen LogP contribution is 2.33. The summed E-state index contributed by atoms with van der Waals surface area (Å²) in [5.41, 5.74) is 16.5. The van der Waals surface area contributed by atoms with Crippen molar-refractivity contribution >= 4 is 22.5 Å². The molecule has 3 rings (SSSR count). The number of hydrogen-bond donors (Lipinski definition) is 3. The monoisotopic (exact) mass is 265 g/mol. The van der Waals surface area contributed by atoms with Crippen molar-refractivity contribution in [1.82, 2.24) is 4.98 Å². The molecular weight excluding hydrogens is 250 g/mol. The van der Waals surface area contributed by atoms with E-state index in [1.165, 1.54) is 0 Å². The van der Waals surface area contributed by atoms with Gasteiger partial charge in [-0.2, -0.15) is 0 Å². The normalized spacial score (nSPS) is 10.8. The van der Waals surface area contributed by atoms with E-state index in [0.29, 0.717) is 5.56 Å². The Balaban J connectivity index is 2.33. The van der Waals surface area contributed by atoms with Crippen LogP contribution in [0, 0.1) is 6.92 Å². The van der Waals surface area contributed by atoms with Crippen molar-refractivity contribution in [2.45, 2.75) is 6.92 Å². The molecule has 0 aliphatic heterocycles. The van der Waals surface area contributed by atoms with E-state index in [4.69, 9.17) is 11.5 Å². The molecule has 1 heterocycles. The van der Waals surface area contributed by atoms with Crippen LogP contribution < -0.4 is 11.5 Å². The maximum atomic E-state index is 11.5. The lowest BCUT2D eigenvalue weighted by molar-refractivity contribution is 0.100. The molecular formula is C16H15N3O. The molecule has 0 saturated carbocycles. The number of amides is 1. The molecule has 0 aliphatic rings. The maximum absolute atomic E-state index is 11.5. The molecule has 1 amide bonds. The van der Waals surface area contributed by atoms with Gasteiger partial charge < -0.3 is 16.5 Å². The number of nitrogens with two attached hydrogens (primary N) is 2. The Morgan fingerprint density at radius 2 is 1.90 bits per heavy atom. The van der Waals surface area contributed by atoms with Gasteiger partial charge in [0.25, 0.3) is 5.91 Å². The number of aromatic amines is 1. The summed E-state index contributed by atoms with van der Waals surface area (Å²) in [6.45, 7) is 1.99. The number of aromatic nitrogens is 1. The fraction of sp³-hybridized carbons (Fsp3) is 0.0625. The summed E-state index contributed by atoms with van der Waals surface area (Å²) in [6.07, 6.45) is 1.81. The predicted octanol–water partition coefficient (Wildman–Crippen LogP) is 2.82. The largest absolute Gasteiger partial charge is 0.398 e. The zero-order valence-electron chi connectivity index (χ0n) is 11.1.